The third-order valence-corrected chi connectivity index (χ3v) is 9.23. The van der Waals surface area contributed by atoms with Gasteiger partial charge in [-0.25, -0.2) is 0 Å². The van der Waals surface area contributed by atoms with Gasteiger partial charge in [0.2, 0.25) is 5.91 Å². The fourth-order valence-corrected chi connectivity index (χ4v) is 8.34. The highest BCUT2D eigenvalue weighted by atomic mass is 35.5. The van der Waals surface area contributed by atoms with E-state index in [4.69, 9.17) is 16.3 Å². The van der Waals surface area contributed by atoms with Gasteiger partial charge in [-0.2, -0.15) is 0 Å². The Hall–Kier alpha value is -2.03. The number of esters is 1. The summed E-state index contributed by atoms with van der Waals surface area (Å²) in [4.78, 5) is 43.7. The number of aryl methyl sites for hydroxylation is 1. The first-order chi connectivity index (χ1) is 15.8. The molecule has 1 aromatic rings. The van der Waals surface area contributed by atoms with E-state index < -0.39 is 22.6 Å². The summed E-state index contributed by atoms with van der Waals surface area (Å²) < 4.78 is 4.57. The number of aliphatic hydroxyl groups is 1. The van der Waals surface area contributed by atoms with Crippen molar-refractivity contribution in [2.24, 2.45) is 11.8 Å². The summed E-state index contributed by atoms with van der Waals surface area (Å²) in [6.45, 7) is 7.64. The summed E-state index contributed by atoms with van der Waals surface area (Å²) >= 11 is 8.08. The minimum absolute atomic E-state index is 0.0255. The minimum atomic E-state index is -0.813. The van der Waals surface area contributed by atoms with Gasteiger partial charge in [0.1, 0.15) is 6.04 Å². The smallest absolute Gasteiger partial charge is 0.310 e. The number of carbonyl (C=O) groups excluding carboxylic acids is 3. The molecule has 1 spiro atoms. The molecule has 0 saturated carbocycles. The molecule has 3 aliphatic heterocycles. The van der Waals surface area contributed by atoms with Crippen LogP contribution in [0.15, 0.2) is 30.9 Å². The number of likely N-dealkylation sites (tertiary alicyclic amines) is 1. The lowest BCUT2D eigenvalue weighted by Crippen LogP contribution is -2.55. The molecule has 3 heterocycles. The zero-order valence-corrected chi connectivity index (χ0v) is 20.4. The van der Waals surface area contributed by atoms with Crippen molar-refractivity contribution in [3.8, 4) is 0 Å². The molecule has 4 rings (SSSR count). The fourth-order valence-electron chi connectivity index (χ4n) is 5.82. The van der Waals surface area contributed by atoms with Gasteiger partial charge < -0.3 is 19.6 Å². The third kappa shape index (κ3) is 3.67. The molecule has 2 unspecified atom stereocenters. The molecular formula is C24H29ClN2O5S. The average molecular weight is 493 g/mol. The summed E-state index contributed by atoms with van der Waals surface area (Å²) in [7, 11) is 0. The van der Waals surface area contributed by atoms with Crippen LogP contribution in [0.3, 0.4) is 0 Å². The standard InChI is InChI=1S/C24H29ClN2O5S/c1-4-11-26(19-14(3)7-6-8-15(19)25)22(30)20-24-10-9-16(33-24)17(23(31)32-5-2)18(24)21(29)27(20)12-13-28/h4,6-8,16-18,20,28H,1,5,9-13H2,2-3H3/t16-,17+,18+,20?,24?/m1/s1. The number of hydrogen-bond donors (Lipinski definition) is 1. The normalized spacial score (nSPS) is 29.8. The van der Waals surface area contributed by atoms with Crippen molar-refractivity contribution in [2.45, 2.75) is 42.7 Å². The molecule has 3 fully saturated rings. The number of thioether (sulfide) groups is 1. The molecule has 1 N–H and O–H groups in total. The highest BCUT2D eigenvalue weighted by molar-refractivity contribution is 8.02. The monoisotopic (exact) mass is 492 g/mol. The maximum Gasteiger partial charge on any atom is 0.310 e. The first kappa shape index (κ1) is 24.1. The predicted octanol–water partition coefficient (Wildman–Crippen LogP) is 2.81. The summed E-state index contributed by atoms with van der Waals surface area (Å²) in [6, 6.07) is 4.62. The Morgan fingerprint density at radius 2 is 2.21 bits per heavy atom. The van der Waals surface area contributed by atoms with Crippen LogP contribution in [-0.2, 0) is 19.1 Å². The van der Waals surface area contributed by atoms with Gasteiger partial charge in [0.25, 0.3) is 5.91 Å². The number of ether oxygens (including phenoxy) is 1. The van der Waals surface area contributed by atoms with Gasteiger partial charge in [-0.05, 0) is 38.3 Å². The van der Waals surface area contributed by atoms with E-state index in [1.165, 1.54) is 4.90 Å². The number of rotatable bonds is 8. The Kier molecular flexibility index (Phi) is 6.80. The lowest BCUT2D eigenvalue weighted by Gasteiger charge is -2.37. The molecule has 0 radical (unpaired) electrons. The molecular weight excluding hydrogens is 464 g/mol. The SMILES string of the molecule is C=CCN(C(=O)C1N(CCO)C(=O)[C@@H]2[C@@H](C(=O)OCC)[C@H]3CCC12S3)c1c(C)cccc1Cl. The molecule has 3 aliphatic rings. The molecule has 33 heavy (non-hydrogen) atoms. The van der Waals surface area contributed by atoms with Crippen molar-refractivity contribution in [1.29, 1.82) is 0 Å². The molecule has 9 heteroatoms. The molecule has 1 aromatic carbocycles. The van der Waals surface area contributed by atoms with Crippen LogP contribution in [0.25, 0.3) is 0 Å². The minimum Gasteiger partial charge on any atom is -0.466 e. The van der Waals surface area contributed by atoms with Gasteiger partial charge in [-0.1, -0.05) is 29.8 Å². The Morgan fingerprint density at radius 1 is 1.45 bits per heavy atom. The van der Waals surface area contributed by atoms with Gasteiger partial charge in [-0.15, -0.1) is 18.3 Å². The van der Waals surface area contributed by atoms with Crippen LogP contribution in [0.2, 0.25) is 5.02 Å². The van der Waals surface area contributed by atoms with Crippen LogP contribution < -0.4 is 4.90 Å². The van der Waals surface area contributed by atoms with Gasteiger partial charge in [0.05, 0.1) is 40.5 Å². The number of para-hydroxylation sites is 1. The van der Waals surface area contributed by atoms with E-state index in [1.807, 2.05) is 19.1 Å². The van der Waals surface area contributed by atoms with Gasteiger partial charge in [0, 0.05) is 18.3 Å². The number of aliphatic hydroxyl groups excluding tert-OH is 1. The second kappa shape index (κ2) is 9.31. The van der Waals surface area contributed by atoms with Crippen molar-refractivity contribution in [1.82, 2.24) is 4.90 Å². The number of fused-ring (bicyclic) bond motifs is 1. The molecule has 2 amide bonds. The highest BCUT2D eigenvalue weighted by Gasteiger charge is 2.74. The van der Waals surface area contributed by atoms with Crippen molar-refractivity contribution in [2.75, 3.05) is 31.2 Å². The van der Waals surface area contributed by atoms with Crippen molar-refractivity contribution >= 4 is 46.8 Å². The number of benzene rings is 1. The number of carbonyl (C=O) groups is 3. The van der Waals surface area contributed by atoms with Crippen molar-refractivity contribution in [3.05, 3.63) is 41.4 Å². The molecule has 7 nitrogen and oxygen atoms in total. The average Bonchev–Trinajstić information content (AvgIpc) is 3.41. The first-order valence-corrected chi connectivity index (χ1v) is 12.5. The Balaban J connectivity index is 1.79. The molecule has 3 saturated heterocycles. The maximum absolute atomic E-state index is 14.2. The van der Waals surface area contributed by atoms with E-state index in [0.29, 0.717) is 17.1 Å². The maximum atomic E-state index is 14.2. The lowest BCUT2D eigenvalue weighted by molar-refractivity contribution is -0.153. The first-order valence-electron chi connectivity index (χ1n) is 11.3. The topological polar surface area (TPSA) is 87.2 Å². The van der Waals surface area contributed by atoms with E-state index in [9.17, 15) is 19.5 Å². The second-order valence-electron chi connectivity index (χ2n) is 8.71. The molecule has 0 aromatic heterocycles. The molecule has 5 atom stereocenters. The fraction of sp³-hybridized carbons (Fsp3) is 0.542. The number of halogens is 1. The lowest BCUT2D eigenvalue weighted by atomic mass is 9.71. The summed E-state index contributed by atoms with van der Waals surface area (Å²) in [5, 5.41) is 10.1. The van der Waals surface area contributed by atoms with Gasteiger partial charge in [-0.3, -0.25) is 14.4 Å². The van der Waals surface area contributed by atoms with Crippen LogP contribution in [0.4, 0.5) is 5.69 Å². The zero-order valence-electron chi connectivity index (χ0n) is 18.8. The number of nitrogens with zero attached hydrogens (tertiary/aromatic N) is 2. The Labute approximate surface area is 203 Å². The van der Waals surface area contributed by atoms with E-state index >= 15 is 0 Å². The van der Waals surface area contributed by atoms with Crippen LogP contribution >= 0.6 is 23.4 Å². The summed E-state index contributed by atoms with van der Waals surface area (Å²) in [5.74, 6) is -2.13. The largest absolute Gasteiger partial charge is 0.466 e. The van der Waals surface area contributed by atoms with Gasteiger partial charge in [0.15, 0.2) is 0 Å². The van der Waals surface area contributed by atoms with Gasteiger partial charge >= 0.3 is 5.97 Å². The summed E-state index contributed by atoms with van der Waals surface area (Å²) in [6.07, 6.45) is 3.02. The zero-order chi connectivity index (χ0) is 23.9. The van der Waals surface area contributed by atoms with Crippen LogP contribution in [-0.4, -0.2) is 70.1 Å². The number of anilines is 1. The van der Waals surface area contributed by atoms with E-state index in [2.05, 4.69) is 6.58 Å². The molecule has 0 aliphatic carbocycles. The van der Waals surface area contributed by atoms with Crippen LogP contribution in [0, 0.1) is 18.8 Å². The number of β-amino-alcohol motifs (C(OH)–C–C–N with tert-alkyl or cyclic N) is 1. The molecule has 178 valence electrons. The Morgan fingerprint density at radius 3 is 2.85 bits per heavy atom. The summed E-state index contributed by atoms with van der Waals surface area (Å²) in [5.41, 5.74) is 1.41. The van der Waals surface area contributed by atoms with E-state index in [0.717, 1.165) is 12.0 Å². The number of hydrogen-bond acceptors (Lipinski definition) is 6. The van der Waals surface area contributed by atoms with Crippen molar-refractivity contribution in [3.63, 3.8) is 0 Å². The van der Waals surface area contributed by atoms with Crippen LogP contribution in [0.1, 0.15) is 25.3 Å². The van der Waals surface area contributed by atoms with E-state index in [1.54, 1.807) is 35.7 Å². The quantitative estimate of drug-likeness (QED) is 0.443. The Bertz CT molecular complexity index is 967. The molecule has 2 bridgehead atoms. The predicted molar refractivity (Wildman–Crippen MR) is 128 cm³/mol. The highest BCUT2D eigenvalue weighted by Crippen LogP contribution is 2.66. The van der Waals surface area contributed by atoms with Crippen molar-refractivity contribution < 1.29 is 24.2 Å². The second-order valence-corrected chi connectivity index (χ2v) is 10.7. The number of amides is 2. The van der Waals surface area contributed by atoms with E-state index in [-0.39, 0.29) is 49.3 Å². The third-order valence-electron chi connectivity index (χ3n) is 6.97. The van der Waals surface area contributed by atoms with Crippen LogP contribution in [0.5, 0.6) is 0 Å².